The Morgan fingerprint density at radius 1 is 1.00 bits per heavy atom. The highest BCUT2D eigenvalue weighted by Gasteiger charge is 2.53. The van der Waals surface area contributed by atoms with Crippen LogP contribution in [-0.4, -0.2) is 58.0 Å². The smallest absolute Gasteiger partial charge is 0.164 e. The molecule has 0 amide bonds. The van der Waals surface area contributed by atoms with Gasteiger partial charge in [-0.15, -0.1) is 0 Å². The summed E-state index contributed by atoms with van der Waals surface area (Å²) in [5, 5.41) is 0. The minimum Gasteiger partial charge on any atom is -0.359 e. The van der Waals surface area contributed by atoms with Crippen molar-refractivity contribution in [1.29, 1.82) is 0 Å². The first-order chi connectivity index (χ1) is 12.5. The second-order valence-corrected chi connectivity index (χ2v) is 7.00. The summed E-state index contributed by atoms with van der Waals surface area (Å²) in [6.45, 7) is 4.21. The Morgan fingerprint density at radius 2 is 1.65 bits per heavy atom. The molecule has 26 heavy (non-hydrogen) atoms. The van der Waals surface area contributed by atoms with Crippen LogP contribution in [0.25, 0.3) is 6.08 Å². The average molecular weight is 364 g/mol. The van der Waals surface area contributed by atoms with Crippen LogP contribution in [0.4, 0.5) is 0 Å². The second kappa shape index (κ2) is 8.61. The molecule has 1 aromatic rings. The molecule has 0 N–H and O–H groups in total. The summed E-state index contributed by atoms with van der Waals surface area (Å²) in [5.41, 5.74) is 2.20. The van der Waals surface area contributed by atoms with E-state index in [1.807, 2.05) is 32.0 Å². The maximum Gasteiger partial charge on any atom is 0.164 e. The highest BCUT2D eigenvalue weighted by Crippen LogP contribution is 2.42. The minimum atomic E-state index is -0.694. The van der Waals surface area contributed by atoms with Gasteiger partial charge in [0.05, 0.1) is 6.10 Å². The fraction of sp³-hybridized carbons (Fsp3) is 0.600. The lowest BCUT2D eigenvalue weighted by Crippen LogP contribution is -2.50. The number of ether oxygens (including phenoxy) is 6. The Labute approximate surface area is 155 Å². The molecule has 6 heteroatoms. The molecule has 1 aromatic carbocycles. The van der Waals surface area contributed by atoms with Gasteiger partial charge in [0.15, 0.2) is 5.79 Å². The van der Waals surface area contributed by atoms with E-state index in [0.717, 1.165) is 11.1 Å². The maximum atomic E-state index is 6.18. The topological polar surface area (TPSA) is 55.4 Å². The molecule has 0 unspecified atom stereocenters. The van der Waals surface area contributed by atoms with E-state index in [4.69, 9.17) is 28.4 Å². The normalized spacial score (nSPS) is 31.9. The van der Waals surface area contributed by atoms with Crippen molar-refractivity contribution in [2.24, 2.45) is 0 Å². The largest absolute Gasteiger partial charge is 0.359 e. The van der Waals surface area contributed by atoms with Gasteiger partial charge in [-0.25, -0.2) is 0 Å². The number of methoxy groups -OCH3 is 2. The molecule has 144 valence electrons. The zero-order valence-corrected chi connectivity index (χ0v) is 15.8. The first kappa shape index (κ1) is 19.5. The molecule has 4 atom stereocenters. The molecule has 1 saturated carbocycles. The fourth-order valence-corrected chi connectivity index (χ4v) is 3.57. The van der Waals surface area contributed by atoms with Gasteiger partial charge in [0.2, 0.25) is 0 Å². The minimum absolute atomic E-state index is 0.168. The third kappa shape index (κ3) is 4.52. The molecule has 0 aromatic heterocycles. The first-order valence-corrected chi connectivity index (χ1v) is 8.86. The number of benzene rings is 1. The highest BCUT2D eigenvalue weighted by molar-refractivity contribution is 5.54. The second-order valence-electron chi connectivity index (χ2n) is 7.00. The lowest BCUT2D eigenvalue weighted by atomic mass is 9.84. The van der Waals surface area contributed by atoms with Gasteiger partial charge in [-0.1, -0.05) is 36.4 Å². The van der Waals surface area contributed by atoms with Gasteiger partial charge in [0.1, 0.15) is 31.9 Å². The number of rotatable bonds is 7. The van der Waals surface area contributed by atoms with Crippen LogP contribution < -0.4 is 0 Å². The van der Waals surface area contributed by atoms with Crippen LogP contribution in [0, 0.1) is 0 Å². The molecule has 6 nitrogen and oxygen atoms in total. The summed E-state index contributed by atoms with van der Waals surface area (Å²) in [6.07, 6.45) is 1.88. The molecule has 3 rings (SSSR count). The molecule has 2 aliphatic rings. The Kier molecular flexibility index (Phi) is 6.45. The van der Waals surface area contributed by atoms with Crippen LogP contribution in [0.15, 0.2) is 35.9 Å². The van der Waals surface area contributed by atoms with Gasteiger partial charge in [0.25, 0.3) is 0 Å². The van der Waals surface area contributed by atoms with Crippen molar-refractivity contribution in [3.05, 3.63) is 41.5 Å². The molecule has 1 saturated heterocycles. The maximum absolute atomic E-state index is 6.18. The van der Waals surface area contributed by atoms with Gasteiger partial charge in [0, 0.05) is 20.6 Å². The van der Waals surface area contributed by atoms with E-state index < -0.39 is 5.79 Å². The van der Waals surface area contributed by atoms with Crippen molar-refractivity contribution in [3.63, 3.8) is 0 Å². The van der Waals surface area contributed by atoms with E-state index in [1.54, 1.807) is 14.2 Å². The highest BCUT2D eigenvalue weighted by atomic mass is 16.8. The molecular formula is C20H28O6. The fourth-order valence-electron chi connectivity index (χ4n) is 3.57. The Bertz CT molecular complexity index is 600. The van der Waals surface area contributed by atoms with Crippen LogP contribution in [0.1, 0.15) is 25.8 Å². The van der Waals surface area contributed by atoms with Crippen molar-refractivity contribution >= 4 is 6.08 Å². The van der Waals surface area contributed by atoms with Gasteiger partial charge in [-0.3, -0.25) is 0 Å². The van der Waals surface area contributed by atoms with E-state index in [-0.39, 0.29) is 38.0 Å². The quantitative estimate of drug-likeness (QED) is 0.694. The zero-order chi connectivity index (χ0) is 18.6. The van der Waals surface area contributed by atoms with Gasteiger partial charge < -0.3 is 28.4 Å². The van der Waals surface area contributed by atoms with Crippen LogP contribution in [0.2, 0.25) is 0 Å². The van der Waals surface area contributed by atoms with E-state index >= 15 is 0 Å². The number of fused-ring (bicyclic) bond motifs is 1. The van der Waals surface area contributed by atoms with Crippen molar-refractivity contribution < 1.29 is 28.4 Å². The molecular weight excluding hydrogens is 336 g/mol. The number of hydrogen-bond acceptors (Lipinski definition) is 6. The van der Waals surface area contributed by atoms with Crippen LogP contribution in [-0.2, 0) is 28.4 Å². The van der Waals surface area contributed by atoms with Crippen molar-refractivity contribution in [2.75, 3.05) is 27.8 Å². The lowest BCUT2D eigenvalue weighted by molar-refractivity contribution is -0.169. The van der Waals surface area contributed by atoms with E-state index in [0.29, 0.717) is 6.42 Å². The van der Waals surface area contributed by atoms with Crippen molar-refractivity contribution in [2.45, 2.75) is 50.5 Å². The summed E-state index contributed by atoms with van der Waals surface area (Å²) in [6, 6.07) is 10.2. The number of hydrogen-bond donors (Lipinski definition) is 0. The Morgan fingerprint density at radius 3 is 2.35 bits per heavy atom. The molecule has 0 radical (unpaired) electrons. The molecule has 0 bridgehead atoms. The third-order valence-electron chi connectivity index (χ3n) is 4.55. The lowest BCUT2D eigenvalue weighted by Gasteiger charge is -2.38. The summed E-state index contributed by atoms with van der Waals surface area (Å²) in [5.74, 6) is -0.694. The molecule has 1 aliphatic carbocycles. The average Bonchev–Trinajstić information content (AvgIpc) is 2.95. The monoisotopic (exact) mass is 364 g/mol. The predicted molar refractivity (Wildman–Crippen MR) is 96.4 cm³/mol. The van der Waals surface area contributed by atoms with E-state index in [9.17, 15) is 0 Å². The van der Waals surface area contributed by atoms with Crippen molar-refractivity contribution in [1.82, 2.24) is 0 Å². The van der Waals surface area contributed by atoms with Crippen LogP contribution in [0.3, 0.4) is 0 Å². The summed E-state index contributed by atoms with van der Waals surface area (Å²) in [4.78, 5) is 0. The summed E-state index contributed by atoms with van der Waals surface area (Å²) in [7, 11) is 3.23. The Balaban J connectivity index is 1.91. The van der Waals surface area contributed by atoms with E-state index in [2.05, 4.69) is 18.2 Å². The molecule has 1 heterocycles. The van der Waals surface area contributed by atoms with Gasteiger partial charge in [-0.2, -0.15) is 0 Å². The SMILES string of the molecule is COCO[C@@H]1/C(=C\c2ccccc2)C[C@@H](OCOC)[C@H]2OC(C)(C)O[C@H]21. The zero-order valence-electron chi connectivity index (χ0n) is 15.8. The molecule has 1 aliphatic heterocycles. The predicted octanol–water partition coefficient (Wildman–Crippen LogP) is 2.97. The molecule has 2 fully saturated rings. The summed E-state index contributed by atoms with van der Waals surface area (Å²) < 4.78 is 34.4. The van der Waals surface area contributed by atoms with Crippen LogP contribution >= 0.6 is 0 Å². The Hall–Kier alpha value is -1.28. The van der Waals surface area contributed by atoms with Crippen molar-refractivity contribution in [3.8, 4) is 0 Å². The van der Waals surface area contributed by atoms with Gasteiger partial charge in [-0.05, 0) is 25.0 Å². The summed E-state index contributed by atoms with van der Waals surface area (Å²) >= 11 is 0. The van der Waals surface area contributed by atoms with Crippen LogP contribution in [0.5, 0.6) is 0 Å². The van der Waals surface area contributed by atoms with Gasteiger partial charge >= 0.3 is 0 Å². The standard InChI is InChI=1S/C20H28O6/c1-20(2)25-18-16(23-12-21-3)11-15(10-14-8-6-5-7-9-14)17(19(18)26-20)24-13-22-4/h5-10,16-19H,11-13H2,1-4H3/b15-10-/t16-,17-,18-,19+/m1/s1. The third-order valence-corrected chi connectivity index (χ3v) is 4.55. The molecule has 0 spiro atoms. The van der Waals surface area contributed by atoms with E-state index in [1.165, 1.54) is 0 Å². The first-order valence-electron chi connectivity index (χ1n) is 8.86.